The largest absolute Gasteiger partial charge is 0.476 e. The zero-order chi connectivity index (χ0) is 13.8. The standard InChI is InChI=1S/C12H8Cl2N2O3/c13-8-2-1-3-9(14)7(8)6-19-11-5-15-10(4-16-11)12(17)18/h1-5H,6H2,(H,17,18). The van der Waals surface area contributed by atoms with Crippen molar-refractivity contribution in [3.05, 3.63) is 51.9 Å². The summed E-state index contributed by atoms with van der Waals surface area (Å²) in [4.78, 5) is 18.1. The van der Waals surface area contributed by atoms with Crippen LogP contribution in [-0.4, -0.2) is 21.0 Å². The van der Waals surface area contributed by atoms with Gasteiger partial charge in [0.25, 0.3) is 0 Å². The molecule has 1 heterocycles. The normalized spacial score (nSPS) is 10.2. The van der Waals surface area contributed by atoms with Gasteiger partial charge in [-0.3, -0.25) is 0 Å². The fourth-order valence-electron chi connectivity index (χ4n) is 1.32. The van der Waals surface area contributed by atoms with Crippen LogP contribution in [0.2, 0.25) is 10.0 Å². The van der Waals surface area contributed by atoms with E-state index in [1.165, 1.54) is 6.20 Å². The molecule has 1 aromatic carbocycles. The maximum absolute atomic E-state index is 10.6. The Labute approximate surface area is 118 Å². The highest BCUT2D eigenvalue weighted by Gasteiger charge is 2.08. The van der Waals surface area contributed by atoms with Crippen LogP contribution in [0.1, 0.15) is 16.1 Å². The lowest BCUT2D eigenvalue weighted by Gasteiger charge is -2.08. The van der Waals surface area contributed by atoms with Crippen molar-refractivity contribution in [1.82, 2.24) is 9.97 Å². The van der Waals surface area contributed by atoms with Crippen molar-refractivity contribution in [2.45, 2.75) is 6.61 Å². The highest BCUT2D eigenvalue weighted by atomic mass is 35.5. The molecule has 0 aliphatic heterocycles. The predicted molar refractivity (Wildman–Crippen MR) is 69.8 cm³/mol. The zero-order valence-corrected chi connectivity index (χ0v) is 11.0. The summed E-state index contributed by atoms with van der Waals surface area (Å²) < 4.78 is 5.35. The number of rotatable bonds is 4. The van der Waals surface area contributed by atoms with Crippen molar-refractivity contribution in [3.8, 4) is 5.88 Å². The number of ether oxygens (including phenoxy) is 1. The number of hydrogen-bond donors (Lipinski definition) is 1. The summed E-state index contributed by atoms with van der Waals surface area (Å²) in [6, 6.07) is 5.13. The van der Waals surface area contributed by atoms with Gasteiger partial charge in [0.15, 0.2) is 5.69 Å². The Kier molecular flexibility index (Phi) is 4.19. The Morgan fingerprint density at radius 1 is 1.21 bits per heavy atom. The molecule has 0 unspecified atom stereocenters. The third-order valence-corrected chi connectivity index (χ3v) is 2.98. The van der Waals surface area contributed by atoms with Crippen molar-refractivity contribution in [2.24, 2.45) is 0 Å². The molecule has 0 atom stereocenters. The van der Waals surface area contributed by atoms with Crippen LogP contribution in [0.5, 0.6) is 5.88 Å². The molecule has 98 valence electrons. The molecule has 1 aromatic heterocycles. The van der Waals surface area contributed by atoms with E-state index >= 15 is 0 Å². The predicted octanol–water partition coefficient (Wildman–Crippen LogP) is 3.06. The van der Waals surface area contributed by atoms with E-state index in [0.29, 0.717) is 15.6 Å². The fraction of sp³-hybridized carbons (Fsp3) is 0.0833. The summed E-state index contributed by atoms with van der Waals surface area (Å²) in [7, 11) is 0. The van der Waals surface area contributed by atoms with E-state index in [2.05, 4.69) is 9.97 Å². The number of carboxylic acids is 1. The van der Waals surface area contributed by atoms with Crippen LogP contribution in [0, 0.1) is 0 Å². The second kappa shape index (κ2) is 5.86. The maximum atomic E-state index is 10.6. The van der Waals surface area contributed by atoms with Gasteiger partial charge in [-0.1, -0.05) is 29.3 Å². The molecule has 0 aliphatic carbocycles. The molecule has 1 N–H and O–H groups in total. The molecule has 2 rings (SSSR count). The number of carbonyl (C=O) groups is 1. The van der Waals surface area contributed by atoms with Gasteiger partial charge in [-0.05, 0) is 12.1 Å². The average Bonchev–Trinajstić information content (AvgIpc) is 2.38. The van der Waals surface area contributed by atoms with Gasteiger partial charge in [0, 0.05) is 15.6 Å². The first kappa shape index (κ1) is 13.6. The van der Waals surface area contributed by atoms with E-state index in [4.69, 9.17) is 33.0 Å². The molecule has 0 bridgehead atoms. The number of carboxylic acid groups (broad SMARTS) is 1. The number of nitrogens with zero attached hydrogens (tertiary/aromatic N) is 2. The Hall–Kier alpha value is -1.85. The summed E-state index contributed by atoms with van der Waals surface area (Å²) >= 11 is 12.0. The first-order valence-electron chi connectivity index (χ1n) is 5.19. The van der Waals surface area contributed by atoms with Crippen LogP contribution in [0.4, 0.5) is 0 Å². The van der Waals surface area contributed by atoms with E-state index in [-0.39, 0.29) is 18.2 Å². The molecule has 7 heteroatoms. The van der Waals surface area contributed by atoms with E-state index in [1.54, 1.807) is 18.2 Å². The van der Waals surface area contributed by atoms with Gasteiger partial charge in [-0.15, -0.1) is 0 Å². The Balaban J connectivity index is 2.08. The number of hydrogen-bond acceptors (Lipinski definition) is 4. The minimum Gasteiger partial charge on any atom is -0.476 e. The minimum absolute atomic E-state index is 0.125. The van der Waals surface area contributed by atoms with Gasteiger partial charge >= 0.3 is 5.97 Å². The molecule has 0 aliphatic rings. The Bertz CT molecular complexity index is 582. The summed E-state index contributed by atoms with van der Waals surface area (Å²) in [6.45, 7) is 0.125. The van der Waals surface area contributed by atoms with Crippen molar-refractivity contribution < 1.29 is 14.6 Å². The second-order valence-electron chi connectivity index (χ2n) is 3.53. The lowest BCUT2D eigenvalue weighted by molar-refractivity contribution is 0.0689. The molecule has 0 amide bonds. The average molecular weight is 299 g/mol. The number of benzene rings is 1. The SMILES string of the molecule is O=C(O)c1cnc(OCc2c(Cl)cccc2Cl)cn1. The van der Waals surface area contributed by atoms with Crippen molar-refractivity contribution in [1.29, 1.82) is 0 Å². The summed E-state index contributed by atoms with van der Waals surface area (Å²) in [6.07, 6.45) is 2.35. The van der Waals surface area contributed by atoms with Crippen LogP contribution in [0.15, 0.2) is 30.6 Å². The summed E-state index contributed by atoms with van der Waals surface area (Å²) in [5.41, 5.74) is 0.484. The van der Waals surface area contributed by atoms with E-state index in [9.17, 15) is 4.79 Å². The van der Waals surface area contributed by atoms with Gasteiger partial charge in [0.1, 0.15) is 6.61 Å². The summed E-state index contributed by atoms with van der Waals surface area (Å²) in [5, 5.41) is 9.66. The van der Waals surface area contributed by atoms with Gasteiger partial charge < -0.3 is 9.84 Å². The fourth-order valence-corrected chi connectivity index (χ4v) is 1.82. The van der Waals surface area contributed by atoms with Crippen LogP contribution in [-0.2, 0) is 6.61 Å². The molecule has 19 heavy (non-hydrogen) atoms. The lowest BCUT2D eigenvalue weighted by atomic mass is 10.2. The second-order valence-corrected chi connectivity index (χ2v) is 4.35. The zero-order valence-electron chi connectivity index (χ0n) is 9.51. The molecule has 5 nitrogen and oxygen atoms in total. The first-order chi connectivity index (χ1) is 9.08. The topological polar surface area (TPSA) is 72.3 Å². The Morgan fingerprint density at radius 2 is 1.89 bits per heavy atom. The van der Waals surface area contributed by atoms with Crippen molar-refractivity contribution >= 4 is 29.2 Å². The number of aromatic nitrogens is 2. The third-order valence-electron chi connectivity index (χ3n) is 2.27. The maximum Gasteiger partial charge on any atom is 0.356 e. The van der Waals surface area contributed by atoms with Gasteiger partial charge in [0.2, 0.25) is 5.88 Å². The number of aromatic carboxylic acids is 1. The minimum atomic E-state index is -1.15. The Morgan fingerprint density at radius 3 is 2.42 bits per heavy atom. The number of halogens is 2. The van der Waals surface area contributed by atoms with Crippen LogP contribution in [0.3, 0.4) is 0 Å². The molecule has 0 saturated heterocycles. The van der Waals surface area contributed by atoms with Crippen molar-refractivity contribution in [2.75, 3.05) is 0 Å². The molecular weight excluding hydrogens is 291 g/mol. The summed E-state index contributed by atoms with van der Waals surface area (Å²) in [5.74, 6) is -0.950. The lowest BCUT2D eigenvalue weighted by Crippen LogP contribution is -2.03. The van der Waals surface area contributed by atoms with Crippen LogP contribution in [0.25, 0.3) is 0 Å². The highest BCUT2D eigenvalue weighted by Crippen LogP contribution is 2.25. The van der Waals surface area contributed by atoms with Gasteiger partial charge in [0.05, 0.1) is 12.4 Å². The van der Waals surface area contributed by atoms with E-state index in [1.807, 2.05) is 0 Å². The molecule has 0 saturated carbocycles. The highest BCUT2D eigenvalue weighted by molar-refractivity contribution is 6.35. The first-order valence-corrected chi connectivity index (χ1v) is 5.94. The van der Waals surface area contributed by atoms with Crippen LogP contribution >= 0.6 is 23.2 Å². The molecular formula is C12H8Cl2N2O3. The molecule has 0 radical (unpaired) electrons. The smallest absolute Gasteiger partial charge is 0.356 e. The monoisotopic (exact) mass is 298 g/mol. The third kappa shape index (κ3) is 3.33. The molecule has 2 aromatic rings. The van der Waals surface area contributed by atoms with Crippen molar-refractivity contribution in [3.63, 3.8) is 0 Å². The van der Waals surface area contributed by atoms with Gasteiger partial charge in [-0.25, -0.2) is 14.8 Å². The van der Waals surface area contributed by atoms with Crippen LogP contribution < -0.4 is 4.74 Å². The molecule has 0 spiro atoms. The van der Waals surface area contributed by atoms with Gasteiger partial charge in [-0.2, -0.15) is 0 Å². The quantitative estimate of drug-likeness (QED) is 0.939. The molecule has 0 fully saturated rings. The van der Waals surface area contributed by atoms with E-state index < -0.39 is 5.97 Å². The van der Waals surface area contributed by atoms with E-state index in [0.717, 1.165) is 6.20 Å².